The monoisotopic (exact) mass is 176 g/mol. The SMILES string of the molecule is CC(=O)OOC(=O)C(C)C(C)O. The fourth-order valence-corrected chi connectivity index (χ4v) is 0.373. The van der Waals surface area contributed by atoms with E-state index in [0.717, 1.165) is 6.92 Å². The highest BCUT2D eigenvalue weighted by atomic mass is 17.2. The second kappa shape index (κ2) is 4.71. The molecule has 0 saturated heterocycles. The van der Waals surface area contributed by atoms with E-state index >= 15 is 0 Å². The molecular formula is C7H12O5. The van der Waals surface area contributed by atoms with Crippen LogP contribution < -0.4 is 0 Å². The molecule has 0 aromatic rings. The van der Waals surface area contributed by atoms with Crippen LogP contribution in [-0.2, 0) is 19.4 Å². The van der Waals surface area contributed by atoms with E-state index in [-0.39, 0.29) is 0 Å². The van der Waals surface area contributed by atoms with Gasteiger partial charge in [-0.15, -0.1) is 0 Å². The molecule has 2 unspecified atom stereocenters. The minimum Gasteiger partial charge on any atom is -0.393 e. The molecule has 5 nitrogen and oxygen atoms in total. The highest BCUT2D eigenvalue weighted by molar-refractivity contribution is 5.73. The van der Waals surface area contributed by atoms with Gasteiger partial charge in [-0.2, -0.15) is 0 Å². The van der Waals surface area contributed by atoms with Gasteiger partial charge in [0.05, 0.1) is 12.0 Å². The van der Waals surface area contributed by atoms with Crippen LogP contribution in [0, 0.1) is 5.92 Å². The molecule has 0 aromatic carbocycles. The third-order valence-corrected chi connectivity index (χ3v) is 1.34. The van der Waals surface area contributed by atoms with Gasteiger partial charge in [0.25, 0.3) is 0 Å². The van der Waals surface area contributed by atoms with E-state index in [0.29, 0.717) is 0 Å². The maximum Gasteiger partial charge on any atom is 0.360 e. The minimum atomic E-state index is -0.826. The topological polar surface area (TPSA) is 72.8 Å². The Balaban J connectivity index is 3.80. The Kier molecular flexibility index (Phi) is 4.28. The van der Waals surface area contributed by atoms with E-state index in [1.807, 2.05) is 0 Å². The first-order valence-corrected chi connectivity index (χ1v) is 3.52. The van der Waals surface area contributed by atoms with E-state index in [1.165, 1.54) is 13.8 Å². The van der Waals surface area contributed by atoms with E-state index in [1.54, 1.807) is 0 Å². The number of aliphatic hydroxyl groups is 1. The van der Waals surface area contributed by atoms with Crippen molar-refractivity contribution in [1.29, 1.82) is 0 Å². The van der Waals surface area contributed by atoms with E-state index in [2.05, 4.69) is 9.78 Å². The predicted molar refractivity (Wildman–Crippen MR) is 38.7 cm³/mol. The minimum absolute atomic E-state index is 0.704. The van der Waals surface area contributed by atoms with Crippen LogP contribution >= 0.6 is 0 Å². The van der Waals surface area contributed by atoms with Crippen molar-refractivity contribution in [2.75, 3.05) is 0 Å². The standard InChI is InChI=1S/C7H12O5/c1-4(5(2)8)7(10)12-11-6(3)9/h4-5,8H,1-3H3. The van der Waals surface area contributed by atoms with Crippen LogP contribution in [0.15, 0.2) is 0 Å². The molecular weight excluding hydrogens is 164 g/mol. The predicted octanol–water partition coefficient (Wildman–Crippen LogP) is 0.0246. The molecule has 5 heteroatoms. The molecule has 0 fully saturated rings. The first-order valence-electron chi connectivity index (χ1n) is 3.52. The van der Waals surface area contributed by atoms with Crippen LogP contribution in [0.3, 0.4) is 0 Å². The largest absolute Gasteiger partial charge is 0.393 e. The molecule has 0 spiro atoms. The lowest BCUT2D eigenvalue weighted by Gasteiger charge is -2.10. The number of hydrogen-bond donors (Lipinski definition) is 1. The highest BCUT2D eigenvalue weighted by Gasteiger charge is 2.21. The molecule has 0 aliphatic heterocycles. The molecule has 0 rings (SSSR count). The maximum atomic E-state index is 10.8. The van der Waals surface area contributed by atoms with Gasteiger partial charge in [-0.05, 0) is 13.8 Å². The van der Waals surface area contributed by atoms with Gasteiger partial charge >= 0.3 is 11.9 Å². The van der Waals surface area contributed by atoms with Crippen LogP contribution in [0.4, 0.5) is 0 Å². The summed E-state index contributed by atoms with van der Waals surface area (Å²) in [7, 11) is 0. The summed E-state index contributed by atoms with van der Waals surface area (Å²) in [5.74, 6) is -2.18. The van der Waals surface area contributed by atoms with Gasteiger partial charge in [0.1, 0.15) is 0 Å². The third-order valence-electron chi connectivity index (χ3n) is 1.34. The molecule has 0 aliphatic rings. The van der Waals surface area contributed by atoms with Crippen LogP contribution in [0.5, 0.6) is 0 Å². The molecule has 1 N–H and O–H groups in total. The smallest absolute Gasteiger partial charge is 0.360 e. The summed E-state index contributed by atoms with van der Waals surface area (Å²) in [6.45, 7) is 4.02. The van der Waals surface area contributed by atoms with Gasteiger partial charge in [0, 0.05) is 6.92 Å². The van der Waals surface area contributed by atoms with Gasteiger partial charge in [-0.25, -0.2) is 19.4 Å². The number of rotatable bonds is 2. The fourth-order valence-electron chi connectivity index (χ4n) is 0.373. The zero-order valence-electron chi connectivity index (χ0n) is 7.23. The van der Waals surface area contributed by atoms with Crippen LogP contribution in [0.2, 0.25) is 0 Å². The summed E-state index contributed by atoms with van der Waals surface area (Å²) in [6, 6.07) is 0. The molecule has 0 amide bonds. The molecule has 0 radical (unpaired) electrons. The van der Waals surface area contributed by atoms with Gasteiger partial charge in [0.15, 0.2) is 0 Å². The van der Waals surface area contributed by atoms with Crippen molar-refractivity contribution in [1.82, 2.24) is 0 Å². The molecule has 2 atom stereocenters. The fraction of sp³-hybridized carbons (Fsp3) is 0.714. The van der Waals surface area contributed by atoms with Crippen molar-refractivity contribution < 1.29 is 24.5 Å². The normalized spacial score (nSPS) is 14.7. The number of carbonyl (C=O) groups is 2. The van der Waals surface area contributed by atoms with E-state index in [4.69, 9.17) is 5.11 Å². The van der Waals surface area contributed by atoms with Gasteiger partial charge < -0.3 is 5.11 Å². The average Bonchev–Trinajstić information content (AvgIpc) is 1.98. The Bertz CT molecular complexity index is 175. The summed E-state index contributed by atoms with van der Waals surface area (Å²) in [4.78, 5) is 29.1. The van der Waals surface area contributed by atoms with E-state index < -0.39 is 24.0 Å². The Hall–Kier alpha value is -1.10. The van der Waals surface area contributed by atoms with Crippen molar-refractivity contribution >= 4 is 11.9 Å². The van der Waals surface area contributed by atoms with Gasteiger partial charge in [0.2, 0.25) is 0 Å². The summed E-state index contributed by atoms with van der Waals surface area (Å²) < 4.78 is 0. The molecule has 0 aromatic heterocycles. The lowest BCUT2D eigenvalue weighted by Crippen LogP contribution is -2.25. The summed E-state index contributed by atoms with van der Waals surface area (Å²) in [5.41, 5.74) is 0. The molecule has 0 heterocycles. The zero-order valence-corrected chi connectivity index (χ0v) is 7.23. The highest BCUT2D eigenvalue weighted by Crippen LogP contribution is 2.04. The van der Waals surface area contributed by atoms with Crippen molar-refractivity contribution in [3.05, 3.63) is 0 Å². The first-order chi connectivity index (χ1) is 5.45. The Morgan fingerprint density at radius 2 is 1.75 bits per heavy atom. The van der Waals surface area contributed by atoms with Crippen LogP contribution in [0.1, 0.15) is 20.8 Å². The lowest BCUT2D eigenvalue weighted by molar-refractivity contribution is -0.261. The molecule has 0 bridgehead atoms. The zero-order chi connectivity index (χ0) is 9.72. The van der Waals surface area contributed by atoms with E-state index in [9.17, 15) is 9.59 Å². The van der Waals surface area contributed by atoms with Crippen LogP contribution in [-0.4, -0.2) is 23.1 Å². The Labute approximate surface area is 70.2 Å². The number of carbonyl (C=O) groups excluding carboxylic acids is 2. The Morgan fingerprint density at radius 3 is 2.08 bits per heavy atom. The lowest BCUT2D eigenvalue weighted by atomic mass is 10.1. The first kappa shape index (κ1) is 10.9. The number of hydrogen-bond acceptors (Lipinski definition) is 5. The Morgan fingerprint density at radius 1 is 1.25 bits per heavy atom. The summed E-state index contributed by atoms with van der Waals surface area (Å²) in [5, 5.41) is 8.92. The maximum absolute atomic E-state index is 10.8. The van der Waals surface area contributed by atoms with Crippen molar-refractivity contribution in [2.24, 2.45) is 5.92 Å². The molecule has 70 valence electrons. The average molecular weight is 176 g/mol. The number of aliphatic hydroxyl groups excluding tert-OH is 1. The van der Waals surface area contributed by atoms with Crippen molar-refractivity contribution in [3.8, 4) is 0 Å². The van der Waals surface area contributed by atoms with Crippen molar-refractivity contribution in [3.63, 3.8) is 0 Å². The molecule has 0 aliphatic carbocycles. The molecule has 0 saturated carbocycles. The second-order valence-electron chi connectivity index (χ2n) is 2.51. The summed E-state index contributed by atoms with van der Waals surface area (Å²) >= 11 is 0. The van der Waals surface area contributed by atoms with Gasteiger partial charge in [-0.1, -0.05) is 0 Å². The van der Waals surface area contributed by atoms with Gasteiger partial charge in [-0.3, -0.25) is 0 Å². The summed E-state index contributed by atoms with van der Waals surface area (Å²) in [6.07, 6.45) is -0.826. The third kappa shape index (κ3) is 3.92. The second-order valence-corrected chi connectivity index (χ2v) is 2.51. The van der Waals surface area contributed by atoms with Crippen LogP contribution in [0.25, 0.3) is 0 Å². The quantitative estimate of drug-likeness (QED) is 0.474. The van der Waals surface area contributed by atoms with Crippen molar-refractivity contribution in [2.45, 2.75) is 26.9 Å². The molecule has 12 heavy (non-hydrogen) atoms.